The van der Waals surface area contributed by atoms with Crippen molar-refractivity contribution in [3.05, 3.63) is 39.0 Å². The van der Waals surface area contributed by atoms with Gasteiger partial charge >= 0.3 is 0 Å². The van der Waals surface area contributed by atoms with Gasteiger partial charge in [0.2, 0.25) is 0 Å². The van der Waals surface area contributed by atoms with Crippen LogP contribution in [0.4, 0.5) is 5.69 Å². The molecule has 0 spiro atoms. The molecular weight excluding hydrogens is 248 g/mol. The summed E-state index contributed by atoms with van der Waals surface area (Å²) in [6.45, 7) is 0. The Morgan fingerprint density at radius 1 is 1.50 bits per heavy atom. The van der Waals surface area contributed by atoms with Crippen LogP contribution in [-0.4, -0.2) is 9.49 Å². The van der Waals surface area contributed by atoms with Crippen molar-refractivity contribution >= 4 is 32.5 Å². The van der Waals surface area contributed by atoms with Gasteiger partial charge in [-0.2, -0.15) is 0 Å². The first-order chi connectivity index (χ1) is 6.61. The molecule has 0 N–H and O–H groups in total. The molecule has 0 aliphatic carbocycles. The summed E-state index contributed by atoms with van der Waals surface area (Å²) in [6, 6.07) is 5.05. The fraction of sp³-hybridized carbons (Fsp3) is 0.111. The molecule has 0 unspecified atom stereocenters. The highest BCUT2D eigenvalue weighted by molar-refractivity contribution is 9.10. The summed E-state index contributed by atoms with van der Waals surface area (Å²) in [6.07, 6.45) is 1.82. The minimum Gasteiger partial charge on any atom is -0.344 e. The second-order valence-electron chi connectivity index (χ2n) is 3.02. The van der Waals surface area contributed by atoms with Crippen molar-refractivity contribution in [2.45, 2.75) is 0 Å². The first-order valence-electron chi connectivity index (χ1n) is 3.99. The zero-order valence-electron chi connectivity index (χ0n) is 7.40. The molecule has 0 atom stereocenters. The molecule has 1 heterocycles. The quantitative estimate of drug-likeness (QED) is 0.581. The predicted octanol–water partition coefficient (Wildman–Crippen LogP) is 2.85. The summed E-state index contributed by atoms with van der Waals surface area (Å²) >= 11 is 3.36. The zero-order valence-corrected chi connectivity index (χ0v) is 8.98. The Morgan fingerprint density at radius 2 is 2.21 bits per heavy atom. The molecular formula is C9H7BrN2O2. The predicted molar refractivity (Wildman–Crippen MR) is 57.3 cm³/mol. The molecule has 1 aromatic heterocycles. The highest BCUT2D eigenvalue weighted by Crippen LogP contribution is 2.31. The van der Waals surface area contributed by atoms with Crippen LogP contribution in [0, 0.1) is 10.1 Å². The molecule has 72 valence electrons. The lowest BCUT2D eigenvalue weighted by atomic mass is 10.2. The molecule has 0 amide bonds. The number of nitro benzene ring substituents is 1. The number of aryl methyl sites for hydroxylation is 1. The van der Waals surface area contributed by atoms with Gasteiger partial charge in [-0.05, 0) is 15.9 Å². The van der Waals surface area contributed by atoms with Gasteiger partial charge in [0.25, 0.3) is 5.69 Å². The van der Waals surface area contributed by atoms with Crippen LogP contribution in [0.2, 0.25) is 0 Å². The number of para-hydroxylation sites is 1. The van der Waals surface area contributed by atoms with E-state index in [2.05, 4.69) is 15.9 Å². The number of fused-ring (bicyclic) bond motifs is 1. The van der Waals surface area contributed by atoms with E-state index in [0.29, 0.717) is 5.52 Å². The summed E-state index contributed by atoms with van der Waals surface area (Å²) in [4.78, 5) is 10.4. The Kier molecular flexibility index (Phi) is 2.03. The van der Waals surface area contributed by atoms with E-state index in [4.69, 9.17) is 0 Å². The standard InChI is InChI=1S/C9H7BrN2O2/c1-11-5-7(10)6-3-2-4-8(9(6)11)12(13)14/h2-5H,1H3. The average Bonchev–Trinajstić information content (AvgIpc) is 2.43. The Hall–Kier alpha value is -1.36. The van der Waals surface area contributed by atoms with Crippen LogP contribution in [0.3, 0.4) is 0 Å². The second kappa shape index (κ2) is 3.09. The molecule has 0 bridgehead atoms. The summed E-state index contributed by atoms with van der Waals surface area (Å²) in [7, 11) is 1.79. The van der Waals surface area contributed by atoms with Gasteiger partial charge in [0.05, 0.1) is 4.92 Å². The smallest absolute Gasteiger partial charge is 0.293 e. The maximum absolute atomic E-state index is 10.8. The van der Waals surface area contributed by atoms with Gasteiger partial charge in [-0.1, -0.05) is 12.1 Å². The maximum atomic E-state index is 10.8. The van der Waals surface area contributed by atoms with E-state index in [1.165, 1.54) is 6.07 Å². The number of rotatable bonds is 1. The Morgan fingerprint density at radius 3 is 2.86 bits per heavy atom. The highest BCUT2D eigenvalue weighted by Gasteiger charge is 2.15. The van der Waals surface area contributed by atoms with E-state index in [1.54, 1.807) is 17.7 Å². The van der Waals surface area contributed by atoms with Gasteiger partial charge in [-0.25, -0.2) is 0 Å². The molecule has 0 saturated carbocycles. The van der Waals surface area contributed by atoms with Gasteiger partial charge < -0.3 is 4.57 Å². The van der Waals surface area contributed by atoms with Crippen LogP contribution < -0.4 is 0 Å². The summed E-state index contributed by atoms with van der Waals surface area (Å²) in [5.74, 6) is 0. The molecule has 2 rings (SSSR count). The largest absolute Gasteiger partial charge is 0.344 e. The second-order valence-corrected chi connectivity index (χ2v) is 3.87. The monoisotopic (exact) mass is 254 g/mol. The Bertz CT molecular complexity index is 519. The van der Waals surface area contributed by atoms with Crippen LogP contribution >= 0.6 is 15.9 Å². The van der Waals surface area contributed by atoms with Crippen LogP contribution in [-0.2, 0) is 7.05 Å². The lowest BCUT2D eigenvalue weighted by Crippen LogP contribution is -1.92. The van der Waals surface area contributed by atoms with E-state index in [1.807, 2.05) is 12.3 Å². The number of nitro groups is 1. The van der Waals surface area contributed by atoms with Crippen molar-refractivity contribution in [1.82, 2.24) is 4.57 Å². The number of benzene rings is 1. The van der Waals surface area contributed by atoms with Crippen LogP contribution in [0.15, 0.2) is 28.9 Å². The lowest BCUT2D eigenvalue weighted by Gasteiger charge is -1.97. The Labute approximate surface area is 88.4 Å². The molecule has 1 aromatic carbocycles. The fourth-order valence-corrected chi connectivity index (χ4v) is 2.17. The highest BCUT2D eigenvalue weighted by atomic mass is 79.9. The summed E-state index contributed by atoms with van der Waals surface area (Å²) in [5.41, 5.74) is 0.778. The van der Waals surface area contributed by atoms with E-state index in [-0.39, 0.29) is 10.6 Å². The Balaban J connectivity index is 2.92. The van der Waals surface area contributed by atoms with Gasteiger partial charge in [0, 0.05) is 29.2 Å². The van der Waals surface area contributed by atoms with Gasteiger partial charge in [-0.15, -0.1) is 0 Å². The maximum Gasteiger partial charge on any atom is 0.293 e. The molecule has 0 radical (unpaired) electrons. The number of non-ortho nitro benzene ring substituents is 1. The minimum absolute atomic E-state index is 0.135. The topological polar surface area (TPSA) is 48.1 Å². The summed E-state index contributed by atoms with van der Waals surface area (Å²) < 4.78 is 2.62. The molecule has 0 saturated heterocycles. The van der Waals surface area contributed by atoms with E-state index < -0.39 is 0 Å². The van der Waals surface area contributed by atoms with Crippen LogP contribution in [0.25, 0.3) is 10.9 Å². The average molecular weight is 255 g/mol. The number of hydrogen-bond donors (Lipinski definition) is 0. The molecule has 0 fully saturated rings. The van der Waals surface area contributed by atoms with Crippen molar-refractivity contribution < 1.29 is 4.92 Å². The van der Waals surface area contributed by atoms with Crippen molar-refractivity contribution in [2.24, 2.45) is 7.05 Å². The lowest BCUT2D eigenvalue weighted by molar-refractivity contribution is -0.383. The third-order valence-corrected chi connectivity index (χ3v) is 2.76. The summed E-state index contributed by atoms with van der Waals surface area (Å²) in [5, 5.41) is 11.6. The number of halogens is 1. The molecule has 14 heavy (non-hydrogen) atoms. The van der Waals surface area contributed by atoms with Crippen molar-refractivity contribution in [3.8, 4) is 0 Å². The number of aromatic nitrogens is 1. The third kappa shape index (κ3) is 1.21. The molecule has 5 heteroatoms. The molecule has 4 nitrogen and oxygen atoms in total. The van der Waals surface area contributed by atoms with E-state index in [9.17, 15) is 10.1 Å². The van der Waals surface area contributed by atoms with Gasteiger partial charge in [-0.3, -0.25) is 10.1 Å². The minimum atomic E-state index is -0.366. The van der Waals surface area contributed by atoms with Crippen LogP contribution in [0.1, 0.15) is 0 Å². The van der Waals surface area contributed by atoms with Gasteiger partial charge in [0.1, 0.15) is 5.52 Å². The third-order valence-electron chi connectivity index (χ3n) is 2.13. The number of hydrogen-bond acceptors (Lipinski definition) is 2. The van der Waals surface area contributed by atoms with E-state index in [0.717, 1.165) is 9.86 Å². The van der Waals surface area contributed by atoms with Crippen LogP contribution in [0.5, 0.6) is 0 Å². The molecule has 2 aromatic rings. The van der Waals surface area contributed by atoms with E-state index >= 15 is 0 Å². The van der Waals surface area contributed by atoms with Crippen molar-refractivity contribution in [1.29, 1.82) is 0 Å². The first kappa shape index (κ1) is 9.21. The SMILES string of the molecule is Cn1cc(Br)c2cccc([N+](=O)[O-])c21. The fourth-order valence-electron chi connectivity index (χ4n) is 1.55. The molecule has 0 aliphatic rings. The van der Waals surface area contributed by atoms with Crippen molar-refractivity contribution in [3.63, 3.8) is 0 Å². The van der Waals surface area contributed by atoms with Gasteiger partial charge in [0.15, 0.2) is 0 Å². The normalized spacial score (nSPS) is 10.7. The zero-order chi connectivity index (χ0) is 10.3. The number of nitrogens with zero attached hydrogens (tertiary/aromatic N) is 2. The first-order valence-corrected chi connectivity index (χ1v) is 4.78. The molecule has 0 aliphatic heterocycles. The van der Waals surface area contributed by atoms with Crippen molar-refractivity contribution in [2.75, 3.05) is 0 Å².